The molecule has 1 aromatic heterocycles. The lowest BCUT2D eigenvalue weighted by Gasteiger charge is -2.14. The van der Waals surface area contributed by atoms with Gasteiger partial charge < -0.3 is 10.4 Å². The van der Waals surface area contributed by atoms with Crippen LogP contribution in [0, 0.1) is 6.92 Å². The Balaban J connectivity index is 2.31. The van der Waals surface area contributed by atoms with E-state index in [2.05, 4.69) is 69.2 Å². The number of nitrogens with one attached hydrogen (secondary N) is 1. The third-order valence-electron chi connectivity index (χ3n) is 5.50. The number of hydrogen-bond acceptors (Lipinski definition) is 4. The number of carboxylic acid groups (broad SMARTS) is 1. The molecule has 4 nitrogen and oxygen atoms in total. The van der Waals surface area contributed by atoms with Crippen molar-refractivity contribution in [2.45, 2.75) is 86.1 Å². The van der Waals surface area contributed by atoms with Crippen molar-refractivity contribution < 1.29 is 9.90 Å². The van der Waals surface area contributed by atoms with Crippen molar-refractivity contribution in [1.29, 1.82) is 0 Å². The number of aryl methyl sites for hydroxylation is 1. The second-order valence-electron chi connectivity index (χ2n) is 9.29. The summed E-state index contributed by atoms with van der Waals surface area (Å²) in [6, 6.07) is 4.93. The van der Waals surface area contributed by atoms with E-state index >= 15 is 0 Å². The fourth-order valence-electron chi connectivity index (χ4n) is 3.35. The Morgan fingerprint density at radius 3 is 2.03 bits per heavy atom. The average molecular weight is 485 g/mol. The number of aromatic nitrogens is 1. The molecule has 188 valence electrons. The SMILES string of the molecule is CC(C)=CCCC(C)=CCCC(C)=CCCC(C)=CCSCC(Nc1cccc(C)n1)C(=O)O. The molecular weight excluding hydrogens is 440 g/mol. The van der Waals surface area contributed by atoms with Crippen LogP contribution in [0.15, 0.2) is 64.8 Å². The van der Waals surface area contributed by atoms with Crippen molar-refractivity contribution in [2.24, 2.45) is 0 Å². The van der Waals surface area contributed by atoms with Crippen LogP contribution in [0.2, 0.25) is 0 Å². The Hall–Kier alpha value is -2.27. The van der Waals surface area contributed by atoms with Crippen molar-refractivity contribution in [3.05, 3.63) is 70.5 Å². The van der Waals surface area contributed by atoms with Gasteiger partial charge in [-0.1, -0.05) is 52.7 Å². The minimum Gasteiger partial charge on any atom is -0.480 e. The maximum atomic E-state index is 11.6. The summed E-state index contributed by atoms with van der Waals surface area (Å²) in [5, 5.41) is 12.5. The molecule has 1 atom stereocenters. The fourth-order valence-corrected chi connectivity index (χ4v) is 4.35. The molecule has 0 aliphatic carbocycles. The normalized spacial score (nSPS) is 13.5. The van der Waals surface area contributed by atoms with Crippen molar-refractivity contribution in [2.75, 3.05) is 16.8 Å². The van der Waals surface area contributed by atoms with Crippen LogP contribution in [-0.4, -0.2) is 33.6 Å². The van der Waals surface area contributed by atoms with Crippen LogP contribution >= 0.6 is 11.8 Å². The van der Waals surface area contributed by atoms with Gasteiger partial charge in [0.1, 0.15) is 11.9 Å². The summed E-state index contributed by atoms with van der Waals surface area (Å²) in [4.78, 5) is 15.9. The smallest absolute Gasteiger partial charge is 0.327 e. The molecule has 1 unspecified atom stereocenters. The van der Waals surface area contributed by atoms with E-state index in [-0.39, 0.29) is 0 Å². The molecule has 1 aromatic rings. The molecule has 5 heteroatoms. The molecule has 0 aromatic carbocycles. The van der Waals surface area contributed by atoms with E-state index in [0.717, 1.165) is 50.0 Å². The number of allylic oxidation sites excluding steroid dienone is 7. The van der Waals surface area contributed by atoms with E-state index in [1.165, 1.54) is 22.3 Å². The van der Waals surface area contributed by atoms with Gasteiger partial charge in [0, 0.05) is 17.2 Å². The average Bonchev–Trinajstić information content (AvgIpc) is 2.75. The summed E-state index contributed by atoms with van der Waals surface area (Å²) in [5.74, 6) is 1.07. The molecule has 0 saturated heterocycles. The Morgan fingerprint density at radius 1 is 0.941 bits per heavy atom. The summed E-state index contributed by atoms with van der Waals surface area (Å²) in [6.45, 7) is 12.8. The van der Waals surface area contributed by atoms with Gasteiger partial charge in [-0.25, -0.2) is 9.78 Å². The standard InChI is InChI=1S/C29H44N2O2S/c1-22(2)11-7-12-23(3)13-8-14-24(4)15-9-16-25(5)19-20-34-21-27(29(32)33)31-28-18-10-17-26(6)30-28/h10-11,13,15,17-19,27H,7-9,12,14,16,20-21H2,1-6H3,(H,30,31)(H,32,33). The molecular formula is C29H44N2O2S. The third-order valence-corrected chi connectivity index (χ3v) is 6.47. The molecule has 0 saturated carbocycles. The Morgan fingerprint density at radius 2 is 1.50 bits per heavy atom. The quantitative estimate of drug-likeness (QED) is 0.183. The van der Waals surface area contributed by atoms with E-state index in [0.29, 0.717) is 11.6 Å². The zero-order valence-electron chi connectivity index (χ0n) is 22.0. The molecule has 34 heavy (non-hydrogen) atoms. The first-order valence-electron chi connectivity index (χ1n) is 12.3. The highest BCUT2D eigenvalue weighted by atomic mass is 32.2. The fraction of sp³-hybridized carbons (Fsp3) is 0.517. The number of aliphatic carboxylic acids is 1. The van der Waals surface area contributed by atoms with Gasteiger partial charge in [0.15, 0.2) is 0 Å². The summed E-state index contributed by atoms with van der Waals surface area (Å²) in [7, 11) is 0. The Kier molecular flexibility index (Phi) is 15.1. The second-order valence-corrected chi connectivity index (χ2v) is 10.4. The van der Waals surface area contributed by atoms with Gasteiger partial charge in [-0.15, -0.1) is 0 Å². The Labute approximate surface area is 211 Å². The first-order chi connectivity index (χ1) is 16.2. The number of rotatable bonds is 16. The van der Waals surface area contributed by atoms with E-state index in [9.17, 15) is 9.90 Å². The zero-order chi connectivity index (χ0) is 25.3. The maximum absolute atomic E-state index is 11.6. The van der Waals surface area contributed by atoms with E-state index in [1.54, 1.807) is 17.8 Å². The first kappa shape index (κ1) is 29.8. The summed E-state index contributed by atoms with van der Waals surface area (Å²) >= 11 is 1.63. The molecule has 0 fully saturated rings. The van der Waals surface area contributed by atoms with Crippen molar-refractivity contribution in [1.82, 2.24) is 4.98 Å². The predicted molar refractivity (Wildman–Crippen MR) is 150 cm³/mol. The number of carboxylic acids is 1. The maximum Gasteiger partial charge on any atom is 0.327 e. The third kappa shape index (κ3) is 14.8. The largest absolute Gasteiger partial charge is 0.480 e. The van der Waals surface area contributed by atoms with E-state index in [4.69, 9.17) is 0 Å². The molecule has 0 spiro atoms. The van der Waals surface area contributed by atoms with Gasteiger partial charge in [0.25, 0.3) is 0 Å². The van der Waals surface area contributed by atoms with Crippen LogP contribution in [0.5, 0.6) is 0 Å². The van der Waals surface area contributed by atoms with Crippen molar-refractivity contribution >= 4 is 23.5 Å². The zero-order valence-corrected chi connectivity index (χ0v) is 22.8. The number of anilines is 1. The lowest BCUT2D eigenvalue weighted by Crippen LogP contribution is -2.32. The predicted octanol–water partition coefficient (Wildman–Crippen LogP) is 8.13. The van der Waals surface area contributed by atoms with E-state index in [1.807, 2.05) is 19.1 Å². The molecule has 1 heterocycles. The molecule has 1 rings (SSSR count). The molecule has 0 radical (unpaired) electrons. The van der Waals surface area contributed by atoms with Crippen LogP contribution in [0.3, 0.4) is 0 Å². The van der Waals surface area contributed by atoms with Gasteiger partial charge in [-0.2, -0.15) is 11.8 Å². The summed E-state index contributed by atoms with van der Waals surface area (Å²) < 4.78 is 0. The number of thioether (sulfide) groups is 1. The molecule has 2 N–H and O–H groups in total. The van der Waals surface area contributed by atoms with Crippen molar-refractivity contribution in [3.8, 4) is 0 Å². The van der Waals surface area contributed by atoms with Gasteiger partial charge in [0.05, 0.1) is 0 Å². The lowest BCUT2D eigenvalue weighted by atomic mass is 10.0. The minimum absolute atomic E-state index is 0.495. The molecule has 0 bridgehead atoms. The molecule has 0 aliphatic heterocycles. The van der Waals surface area contributed by atoms with Gasteiger partial charge in [-0.3, -0.25) is 0 Å². The van der Waals surface area contributed by atoms with Crippen LogP contribution in [-0.2, 0) is 4.79 Å². The highest BCUT2D eigenvalue weighted by Gasteiger charge is 2.17. The van der Waals surface area contributed by atoms with Crippen molar-refractivity contribution in [3.63, 3.8) is 0 Å². The minimum atomic E-state index is -0.852. The van der Waals surface area contributed by atoms with E-state index < -0.39 is 12.0 Å². The number of nitrogens with zero attached hydrogens (tertiary/aromatic N) is 1. The number of hydrogen-bond donors (Lipinski definition) is 2. The molecule has 0 aliphatic rings. The lowest BCUT2D eigenvalue weighted by molar-refractivity contribution is -0.137. The Bertz CT molecular complexity index is 880. The summed E-state index contributed by atoms with van der Waals surface area (Å²) in [5.41, 5.74) is 6.55. The highest BCUT2D eigenvalue weighted by Crippen LogP contribution is 2.15. The first-order valence-corrected chi connectivity index (χ1v) is 13.4. The number of pyridine rings is 1. The van der Waals surface area contributed by atoms with Gasteiger partial charge in [-0.05, 0) is 92.2 Å². The topological polar surface area (TPSA) is 62.2 Å². The monoisotopic (exact) mass is 484 g/mol. The molecule has 0 amide bonds. The van der Waals surface area contributed by atoms with Gasteiger partial charge >= 0.3 is 5.97 Å². The van der Waals surface area contributed by atoms with Crippen LogP contribution in [0.25, 0.3) is 0 Å². The number of carbonyl (C=O) groups is 1. The summed E-state index contributed by atoms with van der Waals surface area (Å²) in [6.07, 6.45) is 15.9. The van der Waals surface area contributed by atoms with Gasteiger partial charge in [0.2, 0.25) is 0 Å². The highest BCUT2D eigenvalue weighted by molar-refractivity contribution is 7.99. The second kappa shape index (κ2) is 17.2. The van der Waals surface area contributed by atoms with Crippen LogP contribution in [0.1, 0.15) is 78.8 Å². The van der Waals surface area contributed by atoms with Crippen LogP contribution in [0.4, 0.5) is 5.82 Å². The van der Waals surface area contributed by atoms with Crippen LogP contribution < -0.4 is 5.32 Å².